The highest BCUT2D eigenvalue weighted by Gasteiger charge is 2.54. The molecule has 0 saturated carbocycles. The Hall–Kier alpha value is -3.55. The van der Waals surface area contributed by atoms with Crippen LogP contribution in [0.25, 0.3) is 0 Å². The molecular weight excluding hydrogens is 586 g/mol. The van der Waals surface area contributed by atoms with Crippen LogP contribution in [-0.4, -0.2) is 107 Å². The van der Waals surface area contributed by atoms with Gasteiger partial charge in [-0.1, -0.05) is 25.9 Å². The number of amides is 3. The van der Waals surface area contributed by atoms with Crippen LogP contribution in [0.2, 0.25) is 0 Å². The van der Waals surface area contributed by atoms with Crippen molar-refractivity contribution in [2.75, 3.05) is 38.6 Å². The highest BCUT2D eigenvalue weighted by molar-refractivity contribution is 7.84. The van der Waals surface area contributed by atoms with Crippen molar-refractivity contribution < 1.29 is 46.5 Å². The topological polar surface area (TPSA) is 246 Å². The minimum atomic E-state index is -5.02. The molecule has 2 atom stereocenters. The molecule has 232 valence electrons. The van der Waals surface area contributed by atoms with E-state index >= 15 is 0 Å². The first-order valence-electron chi connectivity index (χ1n) is 12.3. The molecule has 1 aromatic rings. The molecule has 0 bridgehead atoms. The summed E-state index contributed by atoms with van der Waals surface area (Å²) in [4.78, 5) is 58.9. The van der Waals surface area contributed by atoms with Crippen molar-refractivity contribution >= 4 is 56.4 Å². The summed E-state index contributed by atoms with van der Waals surface area (Å²) in [5.74, 6) is -3.08. The summed E-state index contributed by atoms with van der Waals surface area (Å²) >= 11 is 0.952. The van der Waals surface area contributed by atoms with Gasteiger partial charge in [-0.3, -0.25) is 14.1 Å². The fourth-order valence-corrected chi connectivity index (χ4v) is 4.71. The van der Waals surface area contributed by atoms with Crippen molar-refractivity contribution in [3.8, 4) is 0 Å². The Morgan fingerprint density at radius 1 is 1.22 bits per heavy atom. The van der Waals surface area contributed by atoms with Crippen molar-refractivity contribution in [2.24, 2.45) is 10.9 Å². The zero-order valence-electron chi connectivity index (χ0n) is 23.6. The van der Waals surface area contributed by atoms with Gasteiger partial charge in [0, 0.05) is 5.38 Å². The Balaban J connectivity index is 0.00000106. The Bertz CT molecular complexity index is 1200. The molecule has 17 nitrogen and oxygen atoms in total. The number of thiazole rings is 1. The van der Waals surface area contributed by atoms with Gasteiger partial charge in [0.1, 0.15) is 30.0 Å². The quantitative estimate of drug-likeness (QED) is 0.0771. The number of rotatable bonds is 12. The van der Waals surface area contributed by atoms with E-state index in [4.69, 9.17) is 21.0 Å². The summed E-state index contributed by atoms with van der Waals surface area (Å²) < 4.78 is 41.7. The van der Waals surface area contributed by atoms with E-state index < -0.39 is 70.8 Å². The van der Waals surface area contributed by atoms with E-state index in [1.165, 1.54) is 25.0 Å². The summed E-state index contributed by atoms with van der Waals surface area (Å²) in [5, 5.41) is 7.16. The summed E-state index contributed by atoms with van der Waals surface area (Å²) in [7, 11) is -5.02. The molecule has 19 heteroatoms. The minimum Gasteiger partial charge on any atom is -0.457 e. The van der Waals surface area contributed by atoms with Gasteiger partial charge < -0.3 is 36.0 Å². The molecule has 0 spiro atoms. The lowest BCUT2D eigenvalue weighted by atomic mass is 9.99. The van der Waals surface area contributed by atoms with Crippen LogP contribution < -0.4 is 16.8 Å². The number of carbonyl (C=O) groups is 4. The van der Waals surface area contributed by atoms with Crippen molar-refractivity contribution in [2.45, 2.75) is 59.2 Å². The average Bonchev–Trinajstić information content (AvgIpc) is 3.27. The summed E-state index contributed by atoms with van der Waals surface area (Å²) in [6, 6.07) is -3.05. The van der Waals surface area contributed by atoms with E-state index in [0.717, 1.165) is 11.3 Å². The molecule has 3 amide bonds. The molecule has 6 N–H and O–H groups in total. The van der Waals surface area contributed by atoms with Gasteiger partial charge in [-0.15, -0.1) is 11.3 Å². The predicted molar refractivity (Wildman–Crippen MR) is 148 cm³/mol. The van der Waals surface area contributed by atoms with E-state index in [1.54, 1.807) is 20.8 Å². The highest BCUT2D eigenvalue weighted by atomic mass is 32.2. The Morgan fingerprint density at radius 2 is 1.80 bits per heavy atom. The predicted octanol–water partition coefficient (Wildman–Crippen LogP) is -0.270. The molecule has 0 aromatic carbocycles. The molecule has 1 fully saturated rings. The molecule has 1 aromatic heterocycles. The van der Waals surface area contributed by atoms with E-state index in [1.807, 2.05) is 0 Å². The first-order chi connectivity index (χ1) is 18.9. The lowest BCUT2D eigenvalue weighted by molar-refractivity contribution is -0.160. The smallest absolute Gasteiger partial charge is 0.404 e. The summed E-state index contributed by atoms with van der Waals surface area (Å²) in [6.07, 6.45) is -1.28. The number of nitrogen functional groups attached to an aromatic ring is 1. The number of carbonyl (C=O) groups excluding carboxylic acids is 4. The van der Waals surface area contributed by atoms with Crippen LogP contribution in [0.15, 0.2) is 10.5 Å². The Kier molecular flexibility index (Phi) is 13.4. The third-order valence-corrected chi connectivity index (χ3v) is 6.80. The number of nitrogens with one attached hydrogen (secondary N) is 1. The number of hydrogen-bond acceptors (Lipinski definition) is 14. The third kappa shape index (κ3) is 11.5. The monoisotopic (exact) mass is 623 g/mol. The highest BCUT2D eigenvalue weighted by Crippen LogP contribution is 2.24. The minimum absolute atomic E-state index is 0.0114. The lowest BCUT2D eigenvalue weighted by Crippen LogP contribution is -2.73. The van der Waals surface area contributed by atoms with Crippen LogP contribution in [-0.2, 0) is 39.0 Å². The molecule has 2 rings (SSSR count). The number of esters is 1. The number of aromatic nitrogens is 1. The van der Waals surface area contributed by atoms with Crippen molar-refractivity contribution in [3.05, 3.63) is 11.1 Å². The van der Waals surface area contributed by atoms with Crippen LogP contribution in [0.4, 0.5) is 9.93 Å². The molecule has 2 heterocycles. The van der Waals surface area contributed by atoms with Gasteiger partial charge in [-0.25, -0.2) is 18.9 Å². The second kappa shape index (κ2) is 15.5. The van der Waals surface area contributed by atoms with Gasteiger partial charge in [0.15, 0.2) is 10.8 Å². The van der Waals surface area contributed by atoms with Gasteiger partial charge in [0.05, 0.1) is 0 Å². The molecular formula is C22H37N7O10S2. The van der Waals surface area contributed by atoms with E-state index in [2.05, 4.69) is 45.9 Å². The fourth-order valence-electron chi connectivity index (χ4n) is 3.29. The van der Waals surface area contributed by atoms with Crippen LogP contribution in [0.3, 0.4) is 0 Å². The lowest BCUT2D eigenvalue weighted by Gasteiger charge is -2.43. The number of nitrogens with two attached hydrogens (primary N) is 2. The first-order valence-corrected chi connectivity index (χ1v) is 14.6. The number of ether oxygens (including phenoxy) is 2. The van der Waals surface area contributed by atoms with Gasteiger partial charge in [-0.05, 0) is 40.4 Å². The summed E-state index contributed by atoms with van der Waals surface area (Å²) in [5.41, 5.74) is 9.03. The fraction of sp³-hybridized carbons (Fsp3) is 0.636. The maximum Gasteiger partial charge on any atom is 0.404 e. The SMILES string of the molecule is CC(C)(C)OC(=O)CO/N=C(\C(=O)N[C@@H]1C(=O)N(S(=O)(=O)O)[C@@H]1COC(N)=O)c1csc(N)n1.CCN(CC)CC. The van der Waals surface area contributed by atoms with Gasteiger partial charge in [0.25, 0.3) is 11.8 Å². The number of oxime groups is 1. The number of nitrogens with zero attached hydrogens (tertiary/aromatic N) is 4. The molecule has 0 unspecified atom stereocenters. The number of primary amides is 1. The van der Waals surface area contributed by atoms with E-state index in [-0.39, 0.29) is 15.1 Å². The van der Waals surface area contributed by atoms with Gasteiger partial charge >= 0.3 is 22.4 Å². The molecule has 0 radical (unpaired) electrons. The molecule has 1 aliphatic rings. The van der Waals surface area contributed by atoms with Crippen LogP contribution >= 0.6 is 11.3 Å². The average molecular weight is 624 g/mol. The molecule has 1 aliphatic heterocycles. The largest absolute Gasteiger partial charge is 0.457 e. The van der Waals surface area contributed by atoms with E-state index in [9.17, 15) is 32.1 Å². The van der Waals surface area contributed by atoms with Crippen LogP contribution in [0.1, 0.15) is 47.2 Å². The van der Waals surface area contributed by atoms with E-state index in [0.29, 0.717) is 0 Å². The standard InChI is InChI=1S/C16H22N6O10S2.C6H15N/c1-16(2,3)32-9(23)5-31-21-10(7-6-33-14(17)19-7)12(24)20-11-8(4-30-15(18)26)22(13(11)25)34(27,28)29;1-4-7(5-2)6-3/h6,8,11H,4-5H2,1-3H3,(H2,17,19)(H2,18,26)(H,20,24)(H,27,28,29);4-6H2,1-3H3/b21-10-;/t8-,11+;/m1./s1. The normalized spacial score (nSPS) is 17.2. The number of β-lactam (4-membered cyclic amide) rings is 1. The summed E-state index contributed by atoms with van der Waals surface area (Å²) in [6.45, 7) is 13.6. The zero-order chi connectivity index (χ0) is 31.5. The van der Waals surface area contributed by atoms with Crippen molar-refractivity contribution in [1.82, 2.24) is 19.5 Å². The Morgan fingerprint density at radius 3 is 2.22 bits per heavy atom. The van der Waals surface area contributed by atoms with Gasteiger partial charge in [-0.2, -0.15) is 8.42 Å². The van der Waals surface area contributed by atoms with Crippen molar-refractivity contribution in [1.29, 1.82) is 0 Å². The second-order valence-corrected chi connectivity index (χ2v) is 11.4. The maximum absolute atomic E-state index is 12.8. The zero-order valence-corrected chi connectivity index (χ0v) is 25.3. The van der Waals surface area contributed by atoms with Crippen LogP contribution in [0.5, 0.6) is 0 Å². The van der Waals surface area contributed by atoms with Crippen LogP contribution in [0, 0.1) is 0 Å². The number of hydrogen-bond donors (Lipinski definition) is 4. The maximum atomic E-state index is 12.8. The van der Waals surface area contributed by atoms with Gasteiger partial charge in [0.2, 0.25) is 6.61 Å². The third-order valence-electron chi connectivity index (χ3n) is 5.18. The molecule has 1 saturated heterocycles. The second-order valence-electron chi connectivity index (χ2n) is 9.25. The Labute approximate surface area is 242 Å². The first kappa shape index (κ1) is 35.5. The van der Waals surface area contributed by atoms with Crippen molar-refractivity contribution in [3.63, 3.8) is 0 Å². The number of anilines is 1. The molecule has 0 aliphatic carbocycles. The molecule has 41 heavy (non-hydrogen) atoms.